The van der Waals surface area contributed by atoms with Crippen molar-refractivity contribution in [3.05, 3.63) is 65.7 Å². The molecule has 0 aliphatic heterocycles. The number of para-hydroxylation sites is 1. The van der Waals surface area contributed by atoms with Crippen molar-refractivity contribution < 1.29 is 9.59 Å². The molecule has 32 heavy (non-hydrogen) atoms. The van der Waals surface area contributed by atoms with Crippen molar-refractivity contribution in [2.75, 3.05) is 18.4 Å². The van der Waals surface area contributed by atoms with Crippen molar-refractivity contribution in [1.29, 1.82) is 0 Å². The number of aromatic nitrogens is 2. The van der Waals surface area contributed by atoms with E-state index in [2.05, 4.69) is 10.4 Å². The molecule has 8 heteroatoms. The summed E-state index contributed by atoms with van der Waals surface area (Å²) in [6.07, 6.45) is 0. The van der Waals surface area contributed by atoms with Crippen LogP contribution in [-0.2, 0) is 9.59 Å². The highest BCUT2D eigenvalue weighted by atomic mass is 35.5. The molecule has 0 fully saturated rings. The number of nitrogens with one attached hydrogen (secondary N) is 1. The van der Waals surface area contributed by atoms with Crippen LogP contribution in [0, 0.1) is 5.92 Å². The average Bonchev–Trinajstić information content (AvgIpc) is 3.16. The Kier molecular flexibility index (Phi) is 7.94. The molecule has 0 aliphatic rings. The van der Waals surface area contributed by atoms with Crippen molar-refractivity contribution in [3.8, 4) is 16.9 Å². The normalized spacial score (nSPS) is 11.9. The molecule has 0 saturated heterocycles. The summed E-state index contributed by atoms with van der Waals surface area (Å²) in [4.78, 5) is 26.9. The molecule has 1 heterocycles. The van der Waals surface area contributed by atoms with E-state index in [9.17, 15) is 9.59 Å². The van der Waals surface area contributed by atoms with E-state index in [4.69, 9.17) is 23.2 Å². The molecule has 3 rings (SSSR count). The second-order valence-electron chi connectivity index (χ2n) is 7.92. The van der Waals surface area contributed by atoms with Crippen LogP contribution in [0.25, 0.3) is 16.9 Å². The van der Waals surface area contributed by atoms with Gasteiger partial charge in [0.25, 0.3) is 0 Å². The number of carbonyl (C=O) groups is 2. The molecule has 3 aromatic rings. The summed E-state index contributed by atoms with van der Waals surface area (Å²) in [5.74, 6) is 0.0301. The highest BCUT2D eigenvalue weighted by molar-refractivity contribution is 6.32. The first-order valence-corrected chi connectivity index (χ1v) is 11.2. The van der Waals surface area contributed by atoms with Crippen molar-refractivity contribution in [3.63, 3.8) is 0 Å². The molecule has 6 nitrogen and oxygen atoms in total. The Morgan fingerprint density at radius 2 is 1.72 bits per heavy atom. The number of amides is 2. The standard InChI is InChI=1S/C24H26Cl2N4O2/c1-16(2)14-29(24(32)17(3)25)15-23(31)27-22-13-20(18-9-5-4-6-10-18)28-30(22)21-12-8-7-11-19(21)26/h4-13,16-17H,14-15H2,1-3H3,(H,27,31). The van der Waals surface area contributed by atoms with Gasteiger partial charge in [-0.3, -0.25) is 9.59 Å². The van der Waals surface area contributed by atoms with Gasteiger partial charge < -0.3 is 10.2 Å². The van der Waals surface area contributed by atoms with Gasteiger partial charge >= 0.3 is 0 Å². The maximum atomic E-state index is 12.9. The molecule has 168 valence electrons. The predicted molar refractivity (Wildman–Crippen MR) is 129 cm³/mol. The quantitative estimate of drug-likeness (QED) is 0.455. The first-order chi connectivity index (χ1) is 15.3. The molecule has 1 atom stereocenters. The molecular weight excluding hydrogens is 447 g/mol. The minimum Gasteiger partial charge on any atom is -0.332 e. The van der Waals surface area contributed by atoms with Gasteiger partial charge in [-0.1, -0.05) is 67.9 Å². The van der Waals surface area contributed by atoms with Crippen LogP contribution in [-0.4, -0.2) is 45.0 Å². The smallest absolute Gasteiger partial charge is 0.245 e. The summed E-state index contributed by atoms with van der Waals surface area (Å²) in [6, 6.07) is 18.7. The Balaban J connectivity index is 1.92. The van der Waals surface area contributed by atoms with E-state index in [1.807, 2.05) is 62.4 Å². The van der Waals surface area contributed by atoms with Crippen LogP contribution >= 0.6 is 23.2 Å². The maximum Gasteiger partial charge on any atom is 0.245 e. The fraction of sp³-hybridized carbons (Fsp3) is 0.292. The minimum atomic E-state index is -0.708. The third-order valence-corrected chi connectivity index (χ3v) is 5.21. The summed E-state index contributed by atoms with van der Waals surface area (Å²) in [6.45, 7) is 5.89. The molecular formula is C24H26Cl2N4O2. The fourth-order valence-corrected chi connectivity index (χ4v) is 3.66. The molecule has 1 unspecified atom stereocenters. The summed E-state index contributed by atoms with van der Waals surface area (Å²) < 4.78 is 1.60. The molecule has 1 N–H and O–H groups in total. The fourth-order valence-electron chi connectivity index (χ4n) is 3.31. The van der Waals surface area contributed by atoms with Gasteiger partial charge in [0, 0.05) is 18.2 Å². The third kappa shape index (κ3) is 5.90. The Hall–Kier alpha value is -2.83. The minimum absolute atomic E-state index is 0.109. The van der Waals surface area contributed by atoms with Crippen LogP contribution in [0.5, 0.6) is 0 Å². The van der Waals surface area contributed by atoms with Gasteiger partial charge in [0.15, 0.2) is 0 Å². The van der Waals surface area contributed by atoms with E-state index in [1.165, 1.54) is 4.90 Å². The van der Waals surface area contributed by atoms with Gasteiger partial charge in [-0.2, -0.15) is 5.10 Å². The number of halogens is 2. The second kappa shape index (κ2) is 10.7. The van der Waals surface area contributed by atoms with Crippen LogP contribution < -0.4 is 5.32 Å². The van der Waals surface area contributed by atoms with Gasteiger partial charge in [-0.15, -0.1) is 11.6 Å². The first kappa shape index (κ1) is 23.8. The lowest BCUT2D eigenvalue weighted by Gasteiger charge is -2.25. The molecule has 0 spiro atoms. The highest BCUT2D eigenvalue weighted by Crippen LogP contribution is 2.28. The number of hydrogen-bond acceptors (Lipinski definition) is 3. The SMILES string of the molecule is CC(C)CN(CC(=O)Nc1cc(-c2ccccc2)nn1-c1ccccc1Cl)C(=O)C(C)Cl. The summed E-state index contributed by atoms with van der Waals surface area (Å²) in [5.41, 5.74) is 2.22. The lowest BCUT2D eigenvalue weighted by molar-refractivity contribution is -0.134. The lowest BCUT2D eigenvalue weighted by atomic mass is 10.1. The summed E-state index contributed by atoms with van der Waals surface area (Å²) in [7, 11) is 0. The van der Waals surface area contributed by atoms with Gasteiger partial charge in [-0.25, -0.2) is 4.68 Å². The Morgan fingerprint density at radius 1 is 1.06 bits per heavy atom. The Labute approximate surface area is 198 Å². The number of benzene rings is 2. The van der Waals surface area contributed by atoms with E-state index in [-0.39, 0.29) is 24.3 Å². The molecule has 1 aromatic heterocycles. The third-order valence-electron chi connectivity index (χ3n) is 4.70. The van der Waals surface area contributed by atoms with Crippen molar-refractivity contribution in [1.82, 2.24) is 14.7 Å². The first-order valence-electron chi connectivity index (χ1n) is 10.4. The molecule has 0 bridgehead atoms. The van der Waals surface area contributed by atoms with Crippen molar-refractivity contribution in [2.45, 2.75) is 26.1 Å². The number of rotatable bonds is 8. The van der Waals surface area contributed by atoms with Gasteiger partial charge in [0.05, 0.1) is 22.9 Å². The van der Waals surface area contributed by atoms with Gasteiger partial charge in [0.2, 0.25) is 11.8 Å². The molecule has 2 aromatic carbocycles. The molecule has 0 radical (unpaired) electrons. The van der Waals surface area contributed by atoms with E-state index in [0.29, 0.717) is 28.8 Å². The highest BCUT2D eigenvalue weighted by Gasteiger charge is 2.23. The number of nitrogens with zero attached hydrogens (tertiary/aromatic N) is 3. The largest absolute Gasteiger partial charge is 0.332 e. The number of hydrogen-bond donors (Lipinski definition) is 1. The van der Waals surface area contributed by atoms with Crippen LogP contribution in [0.15, 0.2) is 60.7 Å². The molecule has 0 saturated carbocycles. The predicted octanol–water partition coefficient (Wildman–Crippen LogP) is 5.24. The van der Waals surface area contributed by atoms with Crippen LogP contribution in [0.4, 0.5) is 5.82 Å². The van der Waals surface area contributed by atoms with Crippen molar-refractivity contribution in [2.24, 2.45) is 5.92 Å². The van der Waals surface area contributed by atoms with Crippen LogP contribution in [0.1, 0.15) is 20.8 Å². The zero-order valence-corrected chi connectivity index (χ0v) is 19.8. The average molecular weight is 473 g/mol. The van der Waals surface area contributed by atoms with Crippen LogP contribution in [0.2, 0.25) is 5.02 Å². The zero-order chi connectivity index (χ0) is 23.3. The molecule has 2 amide bonds. The summed E-state index contributed by atoms with van der Waals surface area (Å²) >= 11 is 12.4. The van der Waals surface area contributed by atoms with Crippen LogP contribution in [0.3, 0.4) is 0 Å². The lowest BCUT2D eigenvalue weighted by Crippen LogP contribution is -2.43. The van der Waals surface area contributed by atoms with E-state index < -0.39 is 5.38 Å². The Bertz CT molecular complexity index is 1080. The van der Waals surface area contributed by atoms with Gasteiger partial charge in [0.1, 0.15) is 11.2 Å². The second-order valence-corrected chi connectivity index (χ2v) is 8.98. The number of carbonyl (C=O) groups excluding carboxylic acids is 2. The van der Waals surface area contributed by atoms with Crippen molar-refractivity contribution >= 4 is 40.8 Å². The van der Waals surface area contributed by atoms with E-state index in [0.717, 1.165) is 5.56 Å². The monoisotopic (exact) mass is 472 g/mol. The number of alkyl halides is 1. The Morgan fingerprint density at radius 3 is 2.34 bits per heavy atom. The van der Waals surface area contributed by atoms with Gasteiger partial charge in [-0.05, 0) is 25.0 Å². The van der Waals surface area contributed by atoms with E-state index >= 15 is 0 Å². The maximum absolute atomic E-state index is 12.9. The van der Waals surface area contributed by atoms with E-state index in [1.54, 1.807) is 23.7 Å². The number of anilines is 1. The zero-order valence-electron chi connectivity index (χ0n) is 18.3. The molecule has 0 aliphatic carbocycles. The summed E-state index contributed by atoms with van der Waals surface area (Å²) in [5, 5.41) is 7.35. The topological polar surface area (TPSA) is 67.2 Å².